The van der Waals surface area contributed by atoms with Gasteiger partial charge in [-0.15, -0.1) is 0 Å². The molecule has 36 heavy (non-hydrogen) atoms. The molecule has 1 atom stereocenters. The molecule has 4 nitrogen and oxygen atoms in total. The third-order valence-corrected chi connectivity index (χ3v) is 7.04. The Morgan fingerprint density at radius 3 is 2.31 bits per heavy atom. The van der Waals surface area contributed by atoms with Gasteiger partial charge in [-0.25, -0.2) is 0 Å². The van der Waals surface area contributed by atoms with Gasteiger partial charge in [-0.1, -0.05) is 65.9 Å². The van der Waals surface area contributed by atoms with Gasteiger partial charge in [0, 0.05) is 29.2 Å². The molecule has 5 heteroatoms. The quantitative estimate of drug-likeness (QED) is 0.198. The minimum absolute atomic E-state index is 0.122. The molecule has 0 amide bonds. The van der Waals surface area contributed by atoms with Crippen molar-refractivity contribution in [3.05, 3.63) is 89.0 Å². The third kappa shape index (κ3) is 7.62. The lowest BCUT2D eigenvalue weighted by molar-refractivity contribution is -0.154. The molecule has 0 bridgehead atoms. The molecule has 0 fully saturated rings. The van der Waals surface area contributed by atoms with Crippen molar-refractivity contribution in [1.82, 2.24) is 0 Å². The van der Waals surface area contributed by atoms with Crippen molar-refractivity contribution in [3.8, 4) is 5.75 Å². The van der Waals surface area contributed by atoms with E-state index in [1.54, 1.807) is 0 Å². The fourth-order valence-corrected chi connectivity index (χ4v) is 5.44. The summed E-state index contributed by atoms with van der Waals surface area (Å²) >= 11 is 1.82. The molecule has 0 spiro atoms. The average molecular weight is 507 g/mol. The maximum Gasteiger partial charge on any atom is 0.306 e. The van der Waals surface area contributed by atoms with E-state index in [1.807, 2.05) is 32.5 Å². The number of aliphatic hydroxyl groups is 1. The van der Waals surface area contributed by atoms with Crippen molar-refractivity contribution in [2.24, 2.45) is 0 Å². The van der Waals surface area contributed by atoms with E-state index in [0.29, 0.717) is 13.0 Å². The molecule has 0 aliphatic carbocycles. The second kappa shape index (κ2) is 13.0. The van der Waals surface area contributed by atoms with Crippen molar-refractivity contribution in [3.63, 3.8) is 0 Å². The minimum atomic E-state index is -0.413. The van der Waals surface area contributed by atoms with Gasteiger partial charge in [-0.3, -0.25) is 4.79 Å². The highest BCUT2D eigenvalue weighted by molar-refractivity contribution is 7.99. The summed E-state index contributed by atoms with van der Waals surface area (Å²) in [6.07, 6.45) is 3.16. The van der Waals surface area contributed by atoms with Crippen molar-refractivity contribution in [2.45, 2.75) is 74.7 Å². The number of hydrogen-bond donors (Lipinski definition) is 1. The Morgan fingerprint density at radius 2 is 1.58 bits per heavy atom. The lowest BCUT2D eigenvalue weighted by Gasteiger charge is -2.28. The fourth-order valence-electron chi connectivity index (χ4n) is 4.28. The summed E-state index contributed by atoms with van der Waals surface area (Å²) in [4.78, 5) is 14.4. The largest absolute Gasteiger partial charge is 0.494 e. The molecule has 0 radical (unpaired) electrons. The van der Waals surface area contributed by atoms with Crippen LogP contribution in [0.1, 0.15) is 74.6 Å². The summed E-state index contributed by atoms with van der Waals surface area (Å²) in [6.45, 7) is 8.48. The van der Waals surface area contributed by atoms with Crippen LogP contribution >= 0.6 is 11.8 Å². The zero-order chi connectivity index (χ0) is 26.1. The molecule has 0 saturated heterocycles. The molecule has 0 saturated carbocycles. The lowest BCUT2D eigenvalue weighted by Crippen LogP contribution is -2.23. The molecule has 1 unspecified atom stereocenters. The number of esters is 1. The van der Waals surface area contributed by atoms with Crippen LogP contribution in [-0.4, -0.2) is 30.4 Å². The van der Waals surface area contributed by atoms with Crippen LogP contribution in [0.15, 0.2) is 76.5 Å². The molecule has 3 aromatic rings. The van der Waals surface area contributed by atoms with Crippen LogP contribution in [0.25, 0.3) is 0 Å². The topological polar surface area (TPSA) is 55.8 Å². The number of fused-ring (bicyclic) bond motifs is 2. The Bertz CT molecular complexity index is 1130. The van der Waals surface area contributed by atoms with Gasteiger partial charge in [-0.05, 0) is 81.8 Å². The molecular formula is C31H38O4S. The monoisotopic (exact) mass is 506 g/mol. The number of hydrogen-bond acceptors (Lipinski definition) is 5. The zero-order valence-electron chi connectivity index (χ0n) is 22.0. The first-order valence-corrected chi connectivity index (χ1v) is 13.4. The Morgan fingerprint density at radius 1 is 0.889 bits per heavy atom. The van der Waals surface area contributed by atoms with E-state index < -0.39 is 5.60 Å². The molecule has 1 aliphatic heterocycles. The predicted octanol–water partition coefficient (Wildman–Crippen LogP) is 7.53. The second-order valence-electron chi connectivity index (χ2n) is 9.93. The number of unbranched alkanes of at least 4 members (excludes halogenated alkanes) is 2. The van der Waals surface area contributed by atoms with E-state index in [2.05, 4.69) is 73.7 Å². The maximum atomic E-state index is 11.8. The summed E-state index contributed by atoms with van der Waals surface area (Å²) in [5.74, 6) is 1.01. The van der Waals surface area contributed by atoms with Gasteiger partial charge in [-0.2, -0.15) is 0 Å². The summed E-state index contributed by atoms with van der Waals surface area (Å²) in [6, 6.07) is 24.1. The molecule has 1 N–H and O–H groups in total. The molecule has 3 aromatic carbocycles. The fraction of sp³-hybridized carbons (Fsp3) is 0.387. The van der Waals surface area contributed by atoms with Gasteiger partial charge in [0.1, 0.15) is 11.4 Å². The standard InChI is InChI=1S/C30H34O3S.CH4O/c1-21-13-15-22(16-14-21)29-24-10-7-8-11-26(24)34-27-20-23(17-18-25(27)29)32-19-9-5-6-12-28(31)33-30(2,3)4;1-2/h7-8,10-11,13-18,20,29H,5-6,9,12,19H2,1-4H3;2H,1H3. The molecule has 1 heterocycles. The zero-order valence-corrected chi connectivity index (χ0v) is 22.9. The van der Waals surface area contributed by atoms with E-state index in [1.165, 1.54) is 32.0 Å². The lowest BCUT2D eigenvalue weighted by atomic mass is 9.84. The molecule has 4 rings (SSSR count). The number of aliphatic hydroxyl groups excluding tert-OH is 1. The van der Waals surface area contributed by atoms with Crippen LogP contribution in [0.2, 0.25) is 0 Å². The number of ether oxygens (including phenoxy) is 2. The van der Waals surface area contributed by atoms with Crippen molar-refractivity contribution >= 4 is 17.7 Å². The maximum absolute atomic E-state index is 11.8. The first-order chi connectivity index (χ1) is 17.3. The highest BCUT2D eigenvalue weighted by atomic mass is 32.2. The van der Waals surface area contributed by atoms with Gasteiger partial charge in [0.25, 0.3) is 0 Å². The van der Waals surface area contributed by atoms with Crippen LogP contribution in [0.3, 0.4) is 0 Å². The highest BCUT2D eigenvalue weighted by Crippen LogP contribution is 2.49. The number of carbonyl (C=O) groups is 1. The van der Waals surface area contributed by atoms with Crippen molar-refractivity contribution in [1.29, 1.82) is 0 Å². The predicted molar refractivity (Wildman–Crippen MR) is 147 cm³/mol. The van der Waals surface area contributed by atoms with E-state index in [9.17, 15) is 4.79 Å². The van der Waals surface area contributed by atoms with Crippen molar-refractivity contribution in [2.75, 3.05) is 13.7 Å². The summed E-state index contributed by atoms with van der Waals surface area (Å²) in [5, 5.41) is 7.00. The normalized spacial score (nSPS) is 14.1. The molecule has 192 valence electrons. The third-order valence-electron chi connectivity index (χ3n) is 5.87. The van der Waals surface area contributed by atoms with Crippen LogP contribution in [-0.2, 0) is 9.53 Å². The number of carbonyl (C=O) groups excluding carboxylic acids is 1. The van der Waals surface area contributed by atoms with E-state index >= 15 is 0 Å². The van der Waals surface area contributed by atoms with Crippen molar-refractivity contribution < 1.29 is 19.4 Å². The average Bonchev–Trinajstić information content (AvgIpc) is 2.85. The van der Waals surface area contributed by atoms with Gasteiger partial charge < -0.3 is 14.6 Å². The van der Waals surface area contributed by atoms with Crippen LogP contribution in [0.4, 0.5) is 0 Å². The van der Waals surface area contributed by atoms with Crippen LogP contribution in [0, 0.1) is 6.92 Å². The van der Waals surface area contributed by atoms with Crippen LogP contribution in [0.5, 0.6) is 5.75 Å². The van der Waals surface area contributed by atoms with Gasteiger partial charge in [0.2, 0.25) is 0 Å². The van der Waals surface area contributed by atoms with E-state index in [0.717, 1.165) is 32.1 Å². The second-order valence-corrected chi connectivity index (χ2v) is 11.0. The first-order valence-electron chi connectivity index (χ1n) is 12.6. The number of rotatable bonds is 8. The Balaban J connectivity index is 0.00000176. The van der Waals surface area contributed by atoms with Gasteiger partial charge >= 0.3 is 5.97 Å². The Labute approximate surface area is 220 Å². The van der Waals surface area contributed by atoms with Gasteiger partial charge in [0.05, 0.1) is 6.61 Å². The smallest absolute Gasteiger partial charge is 0.306 e. The highest BCUT2D eigenvalue weighted by Gasteiger charge is 2.27. The minimum Gasteiger partial charge on any atom is -0.494 e. The SMILES string of the molecule is CO.Cc1ccc(C2c3ccccc3Sc3cc(OCCCCCC(=O)OC(C)(C)C)ccc32)cc1. The van der Waals surface area contributed by atoms with Gasteiger partial charge in [0.15, 0.2) is 0 Å². The van der Waals surface area contributed by atoms with E-state index in [4.69, 9.17) is 14.6 Å². The molecular weight excluding hydrogens is 468 g/mol. The summed E-state index contributed by atoms with van der Waals surface area (Å²) in [7, 11) is 1.00. The summed E-state index contributed by atoms with van der Waals surface area (Å²) in [5.41, 5.74) is 4.87. The number of benzene rings is 3. The molecule has 1 aliphatic rings. The number of aryl methyl sites for hydroxylation is 1. The Kier molecular flexibility index (Phi) is 10.0. The van der Waals surface area contributed by atoms with Crippen LogP contribution < -0.4 is 4.74 Å². The first kappa shape index (κ1) is 27.8. The summed E-state index contributed by atoms with van der Waals surface area (Å²) < 4.78 is 11.4. The van der Waals surface area contributed by atoms with E-state index in [-0.39, 0.29) is 11.9 Å². The Hall–Kier alpha value is -2.76. The molecule has 0 aromatic heterocycles.